The van der Waals surface area contributed by atoms with Crippen molar-refractivity contribution in [3.63, 3.8) is 0 Å². The lowest BCUT2D eigenvalue weighted by Gasteiger charge is -2.10. The summed E-state index contributed by atoms with van der Waals surface area (Å²) in [4.78, 5) is 4.45. The molecule has 1 aromatic heterocycles. The zero-order chi connectivity index (χ0) is 9.84. The maximum atomic E-state index is 4.45. The average Bonchev–Trinajstić information content (AvgIpc) is 2.17. The molecule has 0 radical (unpaired) electrons. The number of aromatic nitrogens is 1. The van der Waals surface area contributed by atoms with E-state index in [0.717, 1.165) is 0 Å². The summed E-state index contributed by atoms with van der Waals surface area (Å²) in [5, 5.41) is 0. The second-order valence-electron chi connectivity index (χ2n) is 3.98. The number of hydrogen-bond donors (Lipinski definition) is 0. The molecule has 72 valence electrons. The SMILES string of the molecule is CC[C@@H](C)c1ccc(C(C)C)nc1. The van der Waals surface area contributed by atoms with Crippen LogP contribution in [0, 0.1) is 0 Å². The first-order chi connectivity index (χ1) is 6.15. The Morgan fingerprint density at radius 2 is 1.92 bits per heavy atom. The summed E-state index contributed by atoms with van der Waals surface area (Å²) in [6.07, 6.45) is 3.20. The molecule has 1 aromatic rings. The molecule has 1 heterocycles. The number of rotatable bonds is 3. The topological polar surface area (TPSA) is 12.9 Å². The Bertz CT molecular complexity index is 248. The molecule has 0 fully saturated rings. The van der Waals surface area contributed by atoms with Crippen LogP contribution in [-0.2, 0) is 0 Å². The van der Waals surface area contributed by atoms with Gasteiger partial charge in [-0.1, -0.05) is 33.8 Å². The highest BCUT2D eigenvalue weighted by atomic mass is 14.7. The van der Waals surface area contributed by atoms with Gasteiger partial charge in [0.05, 0.1) is 0 Å². The van der Waals surface area contributed by atoms with Gasteiger partial charge in [-0.05, 0) is 29.9 Å². The van der Waals surface area contributed by atoms with Gasteiger partial charge in [-0.3, -0.25) is 4.98 Å². The Morgan fingerprint density at radius 3 is 2.31 bits per heavy atom. The van der Waals surface area contributed by atoms with Crippen LogP contribution >= 0.6 is 0 Å². The van der Waals surface area contributed by atoms with E-state index in [4.69, 9.17) is 0 Å². The number of nitrogens with zero attached hydrogens (tertiary/aromatic N) is 1. The fourth-order valence-corrected chi connectivity index (χ4v) is 1.29. The maximum absolute atomic E-state index is 4.45. The summed E-state index contributed by atoms with van der Waals surface area (Å²) >= 11 is 0. The lowest BCUT2D eigenvalue weighted by atomic mass is 9.99. The molecule has 0 aliphatic carbocycles. The first-order valence-corrected chi connectivity index (χ1v) is 5.11. The van der Waals surface area contributed by atoms with Crippen LogP contribution in [-0.4, -0.2) is 4.98 Å². The van der Waals surface area contributed by atoms with E-state index in [1.54, 1.807) is 0 Å². The lowest BCUT2D eigenvalue weighted by molar-refractivity contribution is 0.723. The molecule has 1 rings (SSSR count). The smallest absolute Gasteiger partial charge is 0.0429 e. The van der Waals surface area contributed by atoms with Crippen molar-refractivity contribution in [2.75, 3.05) is 0 Å². The van der Waals surface area contributed by atoms with Gasteiger partial charge in [0.2, 0.25) is 0 Å². The Balaban J connectivity index is 2.81. The summed E-state index contributed by atoms with van der Waals surface area (Å²) in [5.74, 6) is 1.17. The van der Waals surface area contributed by atoms with Gasteiger partial charge in [0, 0.05) is 11.9 Å². The fourth-order valence-electron chi connectivity index (χ4n) is 1.29. The van der Waals surface area contributed by atoms with Crippen LogP contribution in [0.2, 0.25) is 0 Å². The van der Waals surface area contributed by atoms with Gasteiger partial charge in [-0.15, -0.1) is 0 Å². The Hall–Kier alpha value is -0.850. The molecule has 1 atom stereocenters. The van der Waals surface area contributed by atoms with Crippen molar-refractivity contribution in [3.8, 4) is 0 Å². The van der Waals surface area contributed by atoms with Crippen LogP contribution in [0.25, 0.3) is 0 Å². The van der Waals surface area contributed by atoms with Gasteiger partial charge in [0.15, 0.2) is 0 Å². The molecule has 1 nitrogen and oxygen atoms in total. The van der Waals surface area contributed by atoms with Crippen molar-refractivity contribution in [3.05, 3.63) is 29.6 Å². The molecule has 0 unspecified atom stereocenters. The predicted molar refractivity (Wildman–Crippen MR) is 57.0 cm³/mol. The molecule has 0 bridgehead atoms. The van der Waals surface area contributed by atoms with Gasteiger partial charge in [0.1, 0.15) is 0 Å². The highest BCUT2D eigenvalue weighted by molar-refractivity contribution is 5.19. The maximum Gasteiger partial charge on any atom is 0.0429 e. The van der Waals surface area contributed by atoms with Gasteiger partial charge in [-0.25, -0.2) is 0 Å². The van der Waals surface area contributed by atoms with Gasteiger partial charge in [-0.2, -0.15) is 0 Å². The average molecular weight is 177 g/mol. The van der Waals surface area contributed by atoms with Gasteiger partial charge in [0.25, 0.3) is 0 Å². The molecule has 0 aliphatic rings. The van der Waals surface area contributed by atoms with E-state index in [1.807, 2.05) is 6.20 Å². The van der Waals surface area contributed by atoms with Gasteiger partial charge >= 0.3 is 0 Å². The zero-order valence-electron chi connectivity index (χ0n) is 9.04. The van der Waals surface area contributed by atoms with Crippen molar-refractivity contribution in [2.45, 2.75) is 46.0 Å². The summed E-state index contributed by atoms with van der Waals surface area (Å²) in [6.45, 7) is 8.80. The van der Waals surface area contributed by atoms with E-state index in [0.29, 0.717) is 11.8 Å². The predicted octanol–water partition coefficient (Wildman–Crippen LogP) is 3.72. The molecule has 0 saturated carbocycles. The van der Waals surface area contributed by atoms with Crippen LogP contribution in [0.5, 0.6) is 0 Å². The normalized spacial score (nSPS) is 13.3. The van der Waals surface area contributed by atoms with E-state index < -0.39 is 0 Å². The molecule has 0 spiro atoms. The highest BCUT2D eigenvalue weighted by Gasteiger charge is 2.04. The molecule has 0 amide bonds. The molecular weight excluding hydrogens is 158 g/mol. The molecule has 1 heteroatoms. The van der Waals surface area contributed by atoms with E-state index in [1.165, 1.54) is 17.7 Å². The van der Waals surface area contributed by atoms with Crippen molar-refractivity contribution in [1.82, 2.24) is 4.98 Å². The summed E-state index contributed by atoms with van der Waals surface area (Å²) in [5.41, 5.74) is 2.54. The number of hydrogen-bond acceptors (Lipinski definition) is 1. The summed E-state index contributed by atoms with van der Waals surface area (Å²) in [6, 6.07) is 4.35. The third-order valence-corrected chi connectivity index (χ3v) is 2.58. The first kappa shape index (κ1) is 10.2. The molecule has 0 N–H and O–H groups in total. The zero-order valence-corrected chi connectivity index (χ0v) is 9.04. The summed E-state index contributed by atoms with van der Waals surface area (Å²) in [7, 11) is 0. The molecular formula is C12H19N. The van der Waals surface area contributed by atoms with Crippen LogP contribution in [0.4, 0.5) is 0 Å². The van der Waals surface area contributed by atoms with E-state index in [2.05, 4.69) is 44.8 Å². The minimum atomic E-state index is 0.533. The quantitative estimate of drug-likeness (QED) is 0.685. The van der Waals surface area contributed by atoms with Crippen LogP contribution in [0.15, 0.2) is 18.3 Å². The van der Waals surface area contributed by atoms with E-state index in [9.17, 15) is 0 Å². The lowest BCUT2D eigenvalue weighted by Crippen LogP contribution is -1.96. The van der Waals surface area contributed by atoms with Crippen LogP contribution in [0.1, 0.15) is 57.2 Å². The van der Waals surface area contributed by atoms with Crippen LogP contribution < -0.4 is 0 Å². The highest BCUT2D eigenvalue weighted by Crippen LogP contribution is 2.19. The Kier molecular flexibility index (Phi) is 3.47. The van der Waals surface area contributed by atoms with E-state index >= 15 is 0 Å². The summed E-state index contributed by atoms with van der Waals surface area (Å²) < 4.78 is 0. The Morgan fingerprint density at radius 1 is 1.23 bits per heavy atom. The monoisotopic (exact) mass is 177 g/mol. The second-order valence-corrected chi connectivity index (χ2v) is 3.98. The third kappa shape index (κ3) is 2.55. The minimum absolute atomic E-state index is 0.533. The van der Waals surface area contributed by atoms with E-state index in [-0.39, 0.29) is 0 Å². The standard InChI is InChI=1S/C12H19N/c1-5-10(4)11-6-7-12(9(2)3)13-8-11/h6-10H,5H2,1-4H3/t10-/m1/s1. The van der Waals surface area contributed by atoms with Crippen molar-refractivity contribution < 1.29 is 0 Å². The largest absolute Gasteiger partial charge is 0.261 e. The van der Waals surface area contributed by atoms with Crippen LogP contribution in [0.3, 0.4) is 0 Å². The molecule has 0 aliphatic heterocycles. The molecule has 0 saturated heterocycles. The first-order valence-electron chi connectivity index (χ1n) is 5.11. The number of pyridine rings is 1. The molecule has 0 aromatic carbocycles. The van der Waals surface area contributed by atoms with Crippen molar-refractivity contribution in [1.29, 1.82) is 0 Å². The molecule has 13 heavy (non-hydrogen) atoms. The van der Waals surface area contributed by atoms with Crippen molar-refractivity contribution >= 4 is 0 Å². The fraction of sp³-hybridized carbons (Fsp3) is 0.583. The van der Waals surface area contributed by atoms with Crippen molar-refractivity contribution in [2.24, 2.45) is 0 Å². The van der Waals surface area contributed by atoms with Gasteiger partial charge < -0.3 is 0 Å². The third-order valence-electron chi connectivity index (χ3n) is 2.58. The second kappa shape index (κ2) is 4.40. The minimum Gasteiger partial charge on any atom is -0.261 e. The Labute approximate surface area is 81.2 Å².